The van der Waals surface area contributed by atoms with Gasteiger partial charge in [-0.3, -0.25) is 0 Å². The van der Waals surface area contributed by atoms with Crippen molar-refractivity contribution < 1.29 is 0 Å². The fourth-order valence-corrected chi connectivity index (χ4v) is 2.45. The first-order chi connectivity index (χ1) is 10.1. The molecule has 3 rings (SSSR count). The molecule has 1 atom stereocenters. The predicted molar refractivity (Wildman–Crippen MR) is 84.1 cm³/mol. The van der Waals surface area contributed by atoms with E-state index in [1.165, 1.54) is 11.1 Å². The second kappa shape index (κ2) is 5.69. The number of hydrogen-bond donors (Lipinski definition) is 2. The van der Waals surface area contributed by atoms with Gasteiger partial charge >= 0.3 is 0 Å². The van der Waals surface area contributed by atoms with Gasteiger partial charge in [0.05, 0.1) is 23.9 Å². The van der Waals surface area contributed by atoms with Gasteiger partial charge in [0.1, 0.15) is 5.82 Å². The molecule has 1 unspecified atom stereocenters. The first-order valence-electron chi connectivity index (χ1n) is 7.27. The van der Waals surface area contributed by atoms with Crippen molar-refractivity contribution in [3.05, 3.63) is 47.8 Å². The van der Waals surface area contributed by atoms with Crippen molar-refractivity contribution in [2.75, 3.05) is 0 Å². The lowest BCUT2D eigenvalue weighted by Crippen LogP contribution is -2.29. The molecule has 2 aromatic heterocycles. The molecule has 2 N–H and O–H groups in total. The molecule has 0 spiro atoms. The first-order valence-corrected chi connectivity index (χ1v) is 7.27. The second-order valence-electron chi connectivity index (χ2n) is 5.68. The molecule has 110 valence electrons. The van der Waals surface area contributed by atoms with Crippen LogP contribution in [-0.2, 0) is 13.1 Å². The van der Waals surface area contributed by atoms with E-state index in [9.17, 15) is 0 Å². The predicted octanol–water partition coefficient (Wildman–Crippen LogP) is 2.55. The number of H-pyrrole nitrogens is 1. The van der Waals surface area contributed by atoms with Gasteiger partial charge in [0.2, 0.25) is 0 Å². The summed E-state index contributed by atoms with van der Waals surface area (Å²) in [4.78, 5) is 12.1. The second-order valence-corrected chi connectivity index (χ2v) is 5.68. The Hall–Kier alpha value is -2.14. The minimum atomic E-state index is 0.357. The van der Waals surface area contributed by atoms with Crippen LogP contribution in [0.25, 0.3) is 11.0 Å². The monoisotopic (exact) mass is 283 g/mol. The molecule has 0 bridgehead atoms. The van der Waals surface area contributed by atoms with Gasteiger partial charge in [-0.25, -0.2) is 9.97 Å². The molecule has 21 heavy (non-hydrogen) atoms. The number of nitrogens with one attached hydrogen (secondary N) is 2. The fourth-order valence-electron chi connectivity index (χ4n) is 2.45. The Morgan fingerprint density at radius 1 is 1.29 bits per heavy atom. The zero-order chi connectivity index (χ0) is 14.8. The van der Waals surface area contributed by atoms with Crippen LogP contribution in [0, 0.1) is 13.8 Å². The summed E-state index contributed by atoms with van der Waals surface area (Å²) in [5, 5.41) is 3.49. The highest BCUT2D eigenvalue weighted by atomic mass is 15.1. The average molecular weight is 283 g/mol. The maximum absolute atomic E-state index is 4.65. The van der Waals surface area contributed by atoms with E-state index in [-0.39, 0.29) is 0 Å². The number of aromatic amines is 1. The van der Waals surface area contributed by atoms with Gasteiger partial charge < -0.3 is 14.9 Å². The molecule has 5 heteroatoms. The van der Waals surface area contributed by atoms with Crippen molar-refractivity contribution in [3.8, 4) is 0 Å². The molecule has 3 aromatic rings. The number of fused-ring (bicyclic) bond motifs is 1. The Kier molecular flexibility index (Phi) is 3.75. The van der Waals surface area contributed by atoms with E-state index < -0.39 is 0 Å². The average Bonchev–Trinajstić information content (AvgIpc) is 3.06. The number of hydrogen-bond acceptors (Lipinski definition) is 3. The number of nitrogens with zero attached hydrogens (tertiary/aromatic N) is 3. The molecule has 0 aliphatic rings. The summed E-state index contributed by atoms with van der Waals surface area (Å²) in [6.45, 7) is 8.05. The first kappa shape index (κ1) is 13.8. The summed E-state index contributed by atoms with van der Waals surface area (Å²) in [7, 11) is 0. The lowest BCUT2D eigenvalue weighted by atomic mass is 10.1. The van der Waals surface area contributed by atoms with Gasteiger partial charge in [0.25, 0.3) is 0 Å². The highest BCUT2D eigenvalue weighted by Gasteiger charge is 2.07. The van der Waals surface area contributed by atoms with Gasteiger partial charge in [-0.2, -0.15) is 0 Å². The lowest BCUT2D eigenvalue weighted by molar-refractivity contribution is 0.470. The normalized spacial score (nSPS) is 12.9. The molecule has 5 nitrogen and oxygen atoms in total. The Balaban J connectivity index is 1.65. The molecule has 0 aliphatic heterocycles. The third kappa shape index (κ3) is 3.13. The number of aromatic nitrogens is 4. The Morgan fingerprint density at radius 3 is 2.86 bits per heavy atom. The summed E-state index contributed by atoms with van der Waals surface area (Å²) in [5.74, 6) is 0.979. The van der Waals surface area contributed by atoms with Crippen LogP contribution in [-0.4, -0.2) is 25.6 Å². The van der Waals surface area contributed by atoms with Gasteiger partial charge in [-0.05, 0) is 44.0 Å². The van der Waals surface area contributed by atoms with Crippen molar-refractivity contribution in [3.63, 3.8) is 0 Å². The third-order valence-corrected chi connectivity index (χ3v) is 3.81. The van der Waals surface area contributed by atoms with Crippen molar-refractivity contribution in [1.82, 2.24) is 24.8 Å². The van der Waals surface area contributed by atoms with Crippen molar-refractivity contribution in [2.45, 2.75) is 39.9 Å². The fraction of sp³-hybridized carbons (Fsp3) is 0.375. The van der Waals surface area contributed by atoms with E-state index >= 15 is 0 Å². The highest BCUT2D eigenvalue weighted by Crippen LogP contribution is 2.17. The summed E-state index contributed by atoms with van der Waals surface area (Å²) in [6.07, 6.45) is 5.62. The van der Waals surface area contributed by atoms with Crippen LogP contribution in [0.1, 0.15) is 23.9 Å². The number of imidazole rings is 2. The van der Waals surface area contributed by atoms with E-state index in [0.29, 0.717) is 6.04 Å². The van der Waals surface area contributed by atoms with Crippen molar-refractivity contribution >= 4 is 11.0 Å². The SMILES string of the molecule is Cc1cc2nc(CNC(C)Cn3ccnc3)[nH]c2cc1C. The van der Waals surface area contributed by atoms with Gasteiger partial charge in [0.15, 0.2) is 0 Å². The van der Waals surface area contributed by atoms with Crippen LogP contribution < -0.4 is 5.32 Å². The molecular formula is C16H21N5. The summed E-state index contributed by atoms with van der Waals surface area (Å²) >= 11 is 0. The van der Waals surface area contributed by atoms with Crippen LogP contribution in [0.2, 0.25) is 0 Å². The standard InChI is InChI=1S/C16H21N5/c1-11-6-14-15(7-12(11)2)20-16(19-14)8-18-13(3)9-21-5-4-17-10-21/h4-7,10,13,18H,8-9H2,1-3H3,(H,19,20). The van der Waals surface area contributed by atoms with E-state index in [2.05, 4.69) is 57.7 Å². The zero-order valence-corrected chi connectivity index (χ0v) is 12.7. The minimum Gasteiger partial charge on any atom is -0.341 e. The van der Waals surface area contributed by atoms with Gasteiger partial charge in [-0.1, -0.05) is 0 Å². The van der Waals surface area contributed by atoms with Crippen LogP contribution in [0.5, 0.6) is 0 Å². The molecule has 0 saturated carbocycles. The summed E-state index contributed by atoms with van der Waals surface area (Å²) in [5.41, 5.74) is 4.72. The molecule has 0 aliphatic carbocycles. The molecule has 1 aromatic carbocycles. The Bertz CT molecular complexity index is 688. The third-order valence-electron chi connectivity index (χ3n) is 3.81. The number of rotatable bonds is 5. The lowest BCUT2D eigenvalue weighted by Gasteiger charge is -2.13. The van der Waals surface area contributed by atoms with E-state index in [1.54, 1.807) is 6.20 Å². The smallest absolute Gasteiger partial charge is 0.121 e. The van der Waals surface area contributed by atoms with Crippen LogP contribution >= 0.6 is 0 Å². The Labute approximate surface area is 124 Å². The van der Waals surface area contributed by atoms with Crippen molar-refractivity contribution in [2.24, 2.45) is 0 Å². The number of aryl methyl sites for hydroxylation is 2. The Morgan fingerprint density at radius 2 is 2.10 bits per heavy atom. The topological polar surface area (TPSA) is 58.5 Å². The van der Waals surface area contributed by atoms with Crippen LogP contribution in [0.4, 0.5) is 0 Å². The van der Waals surface area contributed by atoms with Gasteiger partial charge in [0, 0.05) is 25.0 Å². The van der Waals surface area contributed by atoms with Crippen molar-refractivity contribution in [1.29, 1.82) is 0 Å². The quantitative estimate of drug-likeness (QED) is 0.756. The molecule has 0 radical (unpaired) electrons. The minimum absolute atomic E-state index is 0.357. The highest BCUT2D eigenvalue weighted by molar-refractivity contribution is 5.77. The maximum Gasteiger partial charge on any atom is 0.121 e. The van der Waals surface area contributed by atoms with Crippen LogP contribution in [0.15, 0.2) is 30.9 Å². The molecule has 0 fully saturated rings. The van der Waals surface area contributed by atoms with Crippen LogP contribution in [0.3, 0.4) is 0 Å². The number of benzene rings is 1. The molecule has 2 heterocycles. The maximum atomic E-state index is 4.65. The molecular weight excluding hydrogens is 262 g/mol. The molecule has 0 saturated heterocycles. The zero-order valence-electron chi connectivity index (χ0n) is 12.7. The van der Waals surface area contributed by atoms with Gasteiger partial charge in [-0.15, -0.1) is 0 Å². The van der Waals surface area contributed by atoms with E-state index in [4.69, 9.17) is 0 Å². The summed E-state index contributed by atoms with van der Waals surface area (Å²) in [6, 6.07) is 4.66. The molecule has 0 amide bonds. The van der Waals surface area contributed by atoms with E-state index in [1.807, 2.05) is 12.5 Å². The van der Waals surface area contributed by atoms with E-state index in [0.717, 1.165) is 29.9 Å². The largest absolute Gasteiger partial charge is 0.341 e. The summed E-state index contributed by atoms with van der Waals surface area (Å²) < 4.78 is 2.07.